The van der Waals surface area contributed by atoms with Crippen LogP contribution < -0.4 is 19.1 Å². The van der Waals surface area contributed by atoms with E-state index in [1.54, 1.807) is 56.5 Å². The number of nitrogens with zero attached hydrogens (tertiary/aromatic N) is 2. The molecule has 0 bridgehead atoms. The van der Waals surface area contributed by atoms with E-state index in [9.17, 15) is 18.0 Å². The van der Waals surface area contributed by atoms with Crippen LogP contribution in [0.25, 0.3) is 0 Å². The molecule has 3 rings (SSSR count). The number of sulfonamides is 1. The Bertz CT molecular complexity index is 1370. The predicted molar refractivity (Wildman–Crippen MR) is 146 cm³/mol. The first-order valence-corrected chi connectivity index (χ1v) is 13.5. The van der Waals surface area contributed by atoms with Crippen LogP contribution in [0.3, 0.4) is 0 Å². The largest absolute Gasteiger partial charge is 0.497 e. The van der Waals surface area contributed by atoms with Gasteiger partial charge in [-0.05, 0) is 55.0 Å². The standard InChI is InChI=1S/C27H30ClN3O6S/c1-19(27(33)29-2)30(17-20-10-13-22(36-3)14-11-20)26(32)18-31(21-12-15-25(37-4)24(28)16-21)38(34,35)23-8-6-5-7-9-23/h5-16,19H,17-18H2,1-4H3,(H,29,33). The van der Waals surface area contributed by atoms with Crippen molar-refractivity contribution in [2.75, 3.05) is 32.1 Å². The highest BCUT2D eigenvalue weighted by Crippen LogP contribution is 2.32. The van der Waals surface area contributed by atoms with E-state index in [0.717, 1.165) is 9.87 Å². The molecule has 0 aliphatic carbocycles. The van der Waals surface area contributed by atoms with Gasteiger partial charge >= 0.3 is 0 Å². The second kappa shape index (κ2) is 12.7. The molecule has 202 valence electrons. The molecule has 0 radical (unpaired) electrons. The maximum Gasteiger partial charge on any atom is 0.264 e. The number of nitrogens with one attached hydrogen (secondary N) is 1. The molecule has 11 heteroatoms. The third-order valence-electron chi connectivity index (χ3n) is 5.96. The van der Waals surface area contributed by atoms with Crippen LogP contribution in [0.4, 0.5) is 5.69 Å². The first-order valence-electron chi connectivity index (χ1n) is 11.7. The Balaban J connectivity index is 2.04. The van der Waals surface area contributed by atoms with Crippen molar-refractivity contribution in [2.45, 2.75) is 24.4 Å². The van der Waals surface area contributed by atoms with Crippen LogP contribution >= 0.6 is 11.6 Å². The molecule has 1 unspecified atom stereocenters. The molecule has 0 aliphatic heterocycles. The lowest BCUT2D eigenvalue weighted by Crippen LogP contribution is -2.50. The molecule has 0 fully saturated rings. The van der Waals surface area contributed by atoms with Gasteiger partial charge in [-0.25, -0.2) is 8.42 Å². The molecule has 0 aromatic heterocycles. The summed E-state index contributed by atoms with van der Waals surface area (Å²) in [6, 6.07) is 18.4. The summed E-state index contributed by atoms with van der Waals surface area (Å²) in [5.74, 6) is 0.0239. The van der Waals surface area contributed by atoms with Gasteiger partial charge in [0.1, 0.15) is 24.1 Å². The van der Waals surface area contributed by atoms with E-state index >= 15 is 0 Å². The van der Waals surface area contributed by atoms with Gasteiger partial charge in [0.25, 0.3) is 10.0 Å². The number of rotatable bonds is 11. The van der Waals surface area contributed by atoms with Gasteiger partial charge < -0.3 is 19.7 Å². The molecule has 0 spiro atoms. The number of amides is 2. The summed E-state index contributed by atoms with van der Waals surface area (Å²) < 4.78 is 38.8. The Morgan fingerprint density at radius 3 is 2.18 bits per heavy atom. The lowest BCUT2D eigenvalue weighted by atomic mass is 10.1. The monoisotopic (exact) mass is 559 g/mol. The van der Waals surface area contributed by atoms with E-state index in [1.165, 1.54) is 49.4 Å². The molecule has 3 aromatic rings. The Kier molecular flexibility index (Phi) is 9.60. The minimum Gasteiger partial charge on any atom is -0.497 e. The van der Waals surface area contributed by atoms with Crippen LogP contribution in [0.5, 0.6) is 11.5 Å². The van der Waals surface area contributed by atoms with Gasteiger partial charge in [0.15, 0.2) is 0 Å². The van der Waals surface area contributed by atoms with Gasteiger partial charge in [-0.3, -0.25) is 13.9 Å². The smallest absolute Gasteiger partial charge is 0.264 e. The molecule has 3 aromatic carbocycles. The van der Waals surface area contributed by atoms with Gasteiger partial charge in [-0.15, -0.1) is 0 Å². The zero-order chi connectivity index (χ0) is 27.9. The fraction of sp³-hybridized carbons (Fsp3) is 0.259. The SMILES string of the molecule is CNC(=O)C(C)N(Cc1ccc(OC)cc1)C(=O)CN(c1ccc(OC)c(Cl)c1)S(=O)(=O)c1ccccc1. The van der Waals surface area contributed by atoms with Gasteiger partial charge in [0, 0.05) is 13.6 Å². The molecule has 0 saturated carbocycles. The Morgan fingerprint density at radius 2 is 1.63 bits per heavy atom. The number of methoxy groups -OCH3 is 2. The molecule has 0 heterocycles. The van der Waals surface area contributed by atoms with Crippen LogP contribution in [0, 0.1) is 0 Å². The normalized spacial score (nSPS) is 11.8. The third kappa shape index (κ3) is 6.56. The lowest BCUT2D eigenvalue weighted by Gasteiger charge is -2.32. The summed E-state index contributed by atoms with van der Waals surface area (Å²) in [6.07, 6.45) is 0. The molecule has 0 aliphatic rings. The lowest BCUT2D eigenvalue weighted by molar-refractivity contribution is -0.139. The Labute approximate surface area is 228 Å². The van der Waals surface area contributed by atoms with Crippen molar-refractivity contribution in [1.82, 2.24) is 10.2 Å². The van der Waals surface area contributed by atoms with Gasteiger partial charge in [-0.2, -0.15) is 0 Å². The Morgan fingerprint density at radius 1 is 0.974 bits per heavy atom. The number of carbonyl (C=O) groups is 2. The summed E-state index contributed by atoms with van der Waals surface area (Å²) >= 11 is 6.31. The molecular weight excluding hydrogens is 530 g/mol. The molecular formula is C27H30ClN3O6S. The number of ether oxygens (including phenoxy) is 2. The number of hydrogen-bond acceptors (Lipinski definition) is 6. The topological polar surface area (TPSA) is 105 Å². The quantitative estimate of drug-likeness (QED) is 0.384. The van der Waals surface area contributed by atoms with Crippen molar-refractivity contribution < 1.29 is 27.5 Å². The molecule has 9 nitrogen and oxygen atoms in total. The summed E-state index contributed by atoms with van der Waals surface area (Å²) in [4.78, 5) is 27.6. The van der Waals surface area contributed by atoms with Crippen molar-refractivity contribution in [3.63, 3.8) is 0 Å². The predicted octanol–water partition coefficient (Wildman–Crippen LogP) is 3.72. The fourth-order valence-corrected chi connectivity index (χ4v) is 5.46. The molecule has 1 N–H and O–H groups in total. The van der Waals surface area contributed by atoms with Crippen LogP contribution in [-0.2, 0) is 26.2 Å². The minimum atomic E-state index is -4.18. The van der Waals surface area contributed by atoms with E-state index in [4.69, 9.17) is 21.1 Å². The number of halogens is 1. The number of benzene rings is 3. The van der Waals surface area contributed by atoms with Gasteiger partial charge in [0.2, 0.25) is 11.8 Å². The van der Waals surface area contributed by atoms with E-state index in [-0.39, 0.29) is 22.2 Å². The van der Waals surface area contributed by atoms with Crippen molar-refractivity contribution >= 4 is 39.1 Å². The van der Waals surface area contributed by atoms with Gasteiger partial charge in [-0.1, -0.05) is 41.9 Å². The highest BCUT2D eigenvalue weighted by molar-refractivity contribution is 7.92. The zero-order valence-corrected chi connectivity index (χ0v) is 23.1. The minimum absolute atomic E-state index is 0.000736. The maximum atomic E-state index is 13.8. The zero-order valence-electron chi connectivity index (χ0n) is 21.5. The Hall–Kier alpha value is -3.76. The second-order valence-electron chi connectivity index (χ2n) is 8.30. The van der Waals surface area contributed by atoms with E-state index in [2.05, 4.69) is 5.32 Å². The van der Waals surface area contributed by atoms with E-state index in [0.29, 0.717) is 11.5 Å². The summed E-state index contributed by atoms with van der Waals surface area (Å²) in [6.45, 7) is 1.08. The highest BCUT2D eigenvalue weighted by atomic mass is 35.5. The van der Waals surface area contributed by atoms with Gasteiger partial charge in [0.05, 0.1) is 29.8 Å². The maximum absolute atomic E-state index is 13.8. The van der Waals surface area contributed by atoms with E-state index < -0.39 is 34.4 Å². The number of likely N-dealkylation sites (N-methyl/N-ethyl adjacent to an activating group) is 1. The van der Waals surface area contributed by atoms with Crippen LogP contribution in [-0.4, -0.2) is 59.0 Å². The summed E-state index contributed by atoms with van der Waals surface area (Å²) in [5.41, 5.74) is 0.907. The van der Waals surface area contributed by atoms with Crippen molar-refractivity contribution in [3.8, 4) is 11.5 Å². The molecule has 38 heavy (non-hydrogen) atoms. The first-order chi connectivity index (χ1) is 18.1. The fourth-order valence-electron chi connectivity index (χ4n) is 3.78. The number of anilines is 1. The average Bonchev–Trinajstić information content (AvgIpc) is 2.94. The first kappa shape index (κ1) is 28.8. The average molecular weight is 560 g/mol. The summed E-state index contributed by atoms with van der Waals surface area (Å²) in [5, 5.41) is 2.73. The highest BCUT2D eigenvalue weighted by Gasteiger charge is 2.32. The van der Waals surface area contributed by atoms with Crippen LogP contribution in [0.2, 0.25) is 5.02 Å². The van der Waals surface area contributed by atoms with Crippen LogP contribution in [0.1, 0.15) is 12.5 Å². The van der Waals surface area contributed by atoms with E-state index in [1.807, 2.05) is 0 Å². The molecule has 2 amide bonds. The second-order valence-corrected chi connectivity index (χ2v) is 10.6. The number of carbonyl (C=O) groups excluding carboxylic acids is 2. The third-order valence-corrected chi connectivity index (χ3v) is 8.04. The van der Waals surface area contributed by atoms with Crippen molar-refractivity contribution in [3.05, 3.63) is 83.4 Å². The summed E-state index contributed by atoms with van der Waals surface area (Å²) in [7, 11) is 0.281. The van der Waals surface area contributed by atoms with Crippen molar-refractivity contribution in [2.24, 2.45) is 0 Å². The van der Waals surface area contributed by atoms with Crippen molar-refractivity contribution in [1.29, 1.82) is 0 Å². The molecule has 0 saturated heterocycles. The van der Waals surface area contributed by atoms with Crippen LogP contribution in [0.15, 0.2) is 77.7 Å². The number of hydrogen-bond donors (Lipinski definition) is 1. The molecule has 1 atom stereocenters.